The molecule has 168 valence electrons. The Kier molecular flexibility index (Phi) is 6.85. The van der Waals surface area contributed by atoms with Crippen LogP contribution in [0.3, 0.4) is 0 Å². The number of carbonyl (C=O) groups excluding carboxylic acids is 1. The molecule has 0 spiro atoms. The first kappa shape index (κ1) is 22.4. The molecule has 4 rings (SSSR count). The van der Waals surface area contributed by atoms with Gasteiger partial charge in [-0.15, -0.1) is 0 Å². The lowest BCUT2D eigenvalue weighted by Crippen LogP contribution is -2.41. The lowest BCUT2D eigenvalue weighted by molar-refractivity contribution is -0.161. The van der Waals surface area contributed by atoms with E-state index in [0.717, 1.165) is 54.0 Å². The minimum Gasteiger partial charge on any atom is -0.493 e. The van der Waals surface area contributed by atoms with E-state index in [1.165, 1.54) is 0 Å². The predicted octanol–water partition coefficient (Wildman–Crippen LogP) is 6.20. The van der Waals surface area contributed by atoms with Crippen LogP contribution in [0.4, 0.5) is 0 Å². The van der Waals surface area contributed by atoms with Crippen LogP contribution < -0.4 is 4.74 Å². The highest BCUT2D eigenvalue weighted by molar-refractivity contribution is 6.30. The second-order valence-corrected chi connectivity index (χ2v) is 8.74. The van der Waals surface area contributed by atoms with Gasteiger partial charge in [0.15, 0.2) is 0 Å². The second kappa shape index (κ2) is 9.78. The molecule has 0 aliphatic heterocycles. The van der Waals surface area contributed by atoms with Crippen molar-refractivity contribution in [2.75, 3.05) is 13.2 Å². The Labute approximate surface area is 193 Å². The fourth-order valence-corrected chi connectivity index (χ4v) is 4.30. The molecule has 1 aromatic heterocycles. The molecule has 1 heterocycles. The van der Waals surface area contributed by atoms with Crippen LogP contribution >= 0.6 is 11.6 Å². The number of carbonyl (C=O) groups is 1. The zero-order chi connectivity index (χ0) is 22.6. The molecule has 0 N–H and O–H groups in total. The first-order valence-electron chi connectivity index (χ1n) is 11.1. The number of aryl methyl sites for hydroxylation is 1. The molecule has 0 saturated heterocycles. The Morgan fingerprint density at radius 2 is 1.97 bits per heavy atom. The predicted molar refractivity (Wildman–Crippen MR) is 124 cm³/mol. The zero-order valence-electron chi connectivity index (χ0n) is 18.5. The fraction of sp³-hybridized carbons (Fsp3) is 0.385. The number of hydrogen-bond acceptors (Lipinski definition) is 5. The van der Waals surface area contributed by atoms with Gasteiger partial charge in [-0.1, -0.05) is 36.2 Å². The lowest BCUT2D eigenvalue weighted by atomic mass is 9.65. The van der Waals surface area contributed by atoms with E-state index < -0.39 is 0 Å². The molecule has 5 nitrogen and oxygen atoms in total. The number of rotatable bonds is 9. The van der Waals surface area contributed by atoms with Gasteiger partial charge in [-0.05, 0) is 69.0 Å². The summed E-state index contributed by atoms with van der Waals surface area (Å²) < 4.78 is 17.0. The van der Waals surface area contributed by atoms with Gasteiger partial charge < -0.3 is 13.9 Å². The van der Waals surface area contributed by atoms with E-state index in [9.17, 15) is 4.79 Å². The monoisotopic (exact) mass is 453 g/mol. The van der Waals surface area contributed by atoms with Gasteiger partial charge in [-0.25, -0.2) is 4.98 Å². The van der Waals surface area contributed by atoms with Gasteiger partial charge >= 0.3 is 5.97 Å². The summed E-state index contributed by atoms with van der Waals surface area (Å²) in [6.45, 7) is 4.69. The van der Waals surface area contributed by atoms with E-state index >= 15 is 0 Å². The second-order valence-electron chi connectivity index (χ2n) is 8.31. The van der Waals surface area contributed by atoms with E-state index in [4.69, 9.17) is 25.5 Å². The normalized spacial score (nSPS) is 14.6. The Hall–Kier alpha value is -2.79. The molecule has 2 aromatic carbocycles. The number of ether oxygens (including phenoxy) is 2. The maximum absolute atomic E-state index is 12.4. The summed E-state index contributed by atoms with van der Waals surface area (Å²) >= 11 is 6.07. The summed E-state index contributed by atoms with van der Waals surface area (Å²) in [6.07, 6.45) is 4.25. The molecule has 32 heavy (non-hydrogen) atoms. The third-order valence-corrected chi connectivity index (χ3v) is 6.29. The lowest BCUT2D eigenvalue weighted by Gasteiger charge is -2.39. The molecule has 6 heteroatoms. The Bertz CT molecular complexity index is 1070. The van der Waals surface area contributed by atoms with Gasteiger partial charge in [0.05, 0.1) is 24.3 Å². The van der Waals surface area contributed by atoms with Crippen LogP contribution in [0.1, 0.15) is 43.2 Å². The van der Waals surface area contributed by atoms with Crippen LogP contribution in [0.25, 0.3) is 11.5 Å². The van der Waals surface area contributed by atoms with Gasteiger partial charge in [0, 0.05) is 17.0 Å². The van der Waals surface area contributed by atoms with Crippen LogP contribution in [0.15, 0.2) is 52.9 Å². The van der Waals surface area contributed by atoms with Crippen molar-refractivity contribution in [1.82, 2.24) is 4.98 Å². The maximum atomic E-state index is 12.4. The van der Waals surface area contributed by atoms with E-state index in [2.05, 4.69) is 4.98 Å². The number of aromatic nitrogens is 1. The van der Waals surface area contributed by atoms with E-state index in [1.807, 2.05) is 62.4 Å². The molecule has 0 radical (unpaired) electrons. The number of nitrogens with zero attached hydrogens (tertiary/aromatic N) is 1. The highest BCUT2D eigenvalue weighted by atomic mass is 35.5. The number of hydrogen-bond donors (Lipinski definition) is 0. The Balaban J connectivity index is 1.32. The highest BCUT2D eigenvalue weighted by Gasteiger charge is 2.45. The number of benzene rings is 2. The molecule has 1 saturated carbocycles. The average Bonchev–Trinajstić information content (AvgIpc) is 3.12. The van der Waals surface area contributed by atoms with E-state index in [-0.39, 0.29) is 11.4 Å². The van der Waals surface area contributed by atoms with Crippen LogP contribution in [-0.4, -0.2) is 24.2 Å². The smallest absolute Gasteiger partial charge is 0.312 e. The Morgan fingerprint density at radius 1 is 1.19 bits per heavy atom. The fourth-order valence-electron chi connectivity index (χ4n) is 4.11. The summed E-state index contributed by atoms with van der Waals surface area (Å²) in [5.74, 6) is 2.08. The number of esters is 1. The van der Waals surface area contributed by atoms with Crippen molar-refractivity contribution < 1.29 is 18.7 Å². The summed E-state index contributed by atoms with van der Waals surface area (Å²) in [5.41, 5.74) is 2.51. The molecule has 1 aliphatic rings. The van der Waals surface area contributed by atoms with Crippen molar-refractivity contribution in [3.05, 3.63) is 70.6 Å². The average molecular weight is 454 g/mol. The molecule has 0 atom stereocenters. The van der Waals surface area contributed by atoms with Gasteiger partial charge in [0.2, 0.25) is 5.89 Å². The van der Waals surface area contributed by atoms with Crippen molar-refractivity contribution >= 4 is 17.6 Å². The molecule has 3 aromatic rings. The molecule has 0 unspecified atom stereocenters. The van der Waals surface area contributed by atoms with Crippen molar-refractivity contribution in [3.8, 4) is 17.2 Å². The van der Waals surface area contributed by atoms with Crippen LogP contribution in [0.2, 0.25) is 5.02 Å². The summed E-state index contributed by atoms with van der Waals surface area (Å²) in [7, 11) is 0. The quantitative estimate of drug-likeness (QED) is 0.361. The van der Waals surface area contributed by atoms with Crippen molar-refractivity contribution in [3.63, 3.8) is 0 Å². The third kappa shape index (κ3) is 4.99. The van der Waals surface area contributed by atoms with E-state index in [0.29, 0.717) is 30.5 Å². The van der Waals surface area contributed by atoms with Crippen molar-refractivity contribution in [1.29, 1.82) is 0 Å². The molecule has 0 bridgehead atoms. The first-order chi connectivity index (χ1) is 15.5. The summed E-state index contributed by atoms with van der Waals surface area (Å²) in [4.78, 5) is 17.0. The highest BCUT2D eigenvalue weighted by Crippen LogP contribution is 2.45. The minimum atomic E-state index is -0.344. The number of oxazole rings is 1. The van der Waals surface area contributed by atoms with Crippen molar-refractivity contribution in [2.45, 2.75) is 46.0 Å². The van der Waals surface area contributed by atoms with Crippen LogP contribution in [0.5, 0.6) is 5.75 Å². The third-order valence-electron chi connectivity index (χ3n) is 6.06. The molecule has 1 aliphatic carbocycles. The molecular weight excluding hydrogens is 426 g/mol. The summed E-state index contributed by atoms with van der Waals surface area (Å²) in [6, 6.07) is 15.5. The van der Waals surface area contributed by atoms with Gasteiger partial charge in [0.1, 0.15) is 11.5 Å². The van der Waals surface area contributed by atoms with Gasteiger partial charge in [-0.2, -0.15) is 0 Å². The largest absolute Gasteiger partial charge is 0.493 e. The molecule has 0 amide bonds. The molecular formula is C26H28ClNO4. The Morgan fingerprint density at radius 3 is 2.62 bits per heavy atom. The maximum Gasteiger partial charge on any atom is 0.312 e. The summed E-state index contributed by atoms with van der Waals surface area (Å²) in [5, 5.41) is 0.650. The standard InChI is InChI=1S/C26H28ClNO4/c1-3-30-25(29)26(13-5-14-26)17-19-8-10-22(11-9-19)31-15-12-23-18(2)32-24(28-23)20-6-4-7-21(27)16-20/h4,6-11,16H,3,5,12-15,17H2,1-2H3. The van der Waals surface area contributed by atoms with Crippen LogP contribution in [0, 0.1) is 12.3 Å². The topological polar surface area (TPSA) is 61.6 Å². The van der Waals surface area contributed by atoms with Gasteiger partial charge in [-0.3, -0.25) is 4.79 Å². The number of halogens is 1. The van der Waals surface area contributed by atoms with E-state index in [1.54, 1.807) is 0 Å². The minimum absolute atomic E-state index is 0.0632. The van der Waals surface area contributed by atoms with Crippen molar-refractivity contribution in [2.24, 2.45) is 5.41 Å². The molecule has 1 fully saturated rings. The first-order valence-corrected chi connectivity index (χ1v) is 11.5. The van der Waals surface area contributed by atoms with Gasteiger partial charge in [0.25, 0.3) is 0 Å². The zero-order valence-corrected chi connectivity index (χ0v) is 19.3. The van der Waals surface area contributed by atoms with Crippen LogP contribution in [-0.2, 0) is 22.4 Å². The SMILES string of the molecule is CCOC(=O)C1(Cc2ccc(OCCc3nc(-c4cccc(Cl)c4)oc3C)cc2)CCC1.